The van der Waals surface area contributed by atoms with Crippen LogP contribution in [0.3, 0.4) is 0 Å². The lowest BCUT2D eigenvalue weighted by Gasteiger charge is -2.43. The van der Waals surface area contributed by atoms with E-state index in [-0.39, 0.29) is 34.5 Å². The molecule has 1 aliphatic rings. The number of aryl methyl sites for hydroxylation is 3. The Balaban J connectivity index is 1.81. The largest absolute Gasteiger partial charge is 0.485 e. The zero-order valence-corrected chi connectivity index (χ0v) is 29.5. The number of carbonyl (C=O) groups is 1. The zero-order chi connectivity index (χ0) is 31.5. The van der Waals surface area contributed by atoms with Gasteiger partial charge in [-0.1, -0.05) is 85.7 Å². The topological polar surface area (TPSA) is 44.8 Å². The molecule has 1 heterocycles. The van der Waals surface area contributed by atoms with Crippen LogP contribution in [0.4, 0.5) is 0 Å². The second-order valence-corrected chi connectivity index (χ2v) is 19.6. The molecule has 0 aromatic heterocycles. The Labute approximate surface area is 257 Å². The number of rotatable bonds is 12. The molecule has 1 unspecified atom stereocenters. The molecule has 0 saturated carbocycles. The van der Waals surface area contributed by atoms with Crippen molar-refractivity contribution < 1.29 is 18.7 Å². The summed E-state index contributed by atoms with van der Waals surface area (Å²) in [4.78, 5) is 11.4. The molecule has 0 radical (unpaired) electrons. The summed E-state index contributed by atoms with van der Waals surface area (Å²) in [5.74, 6) is 1.20. The molecule has 4 nitrogen and oxygen atoms in total. The van der Waals surface area contributed by atoms with E-state index in [0.717, 1.165) is 37.0 Å². The highest BCUT2D eigenvalue weighted by Crippen LogP contribution is 2.42. The van der Waals surface area contributed by atoms with E-state index in [0.29, 0.717) is 12.2 Å². The number of hydrogen-bond donors (Lipinski definition) is 0. The van der Waals surface area contributed by atoms with Crippen molar-refractivity contribution in [1.29, 1.82) is 0 Å². The van der Waals surface area contributed by atoms with E-state index < -0.39 is 8.32 Å². The molecule has 0 spiro atoms. The van der Waals surface area contributed by atoms with Gasteiger partial charge in [-0.15, -0.1) is 0 Å². The van der Waals surface area contributed by atoms with Gasteiger partial charge < -0.3 is 13.9 Å². The predicted molar refractivity (Wildman–Crippen MR) is 178 cm³/mol. The van der Waals surface area contributed by atoms with Crippen molar-refractivity contribution in [3.63, 3.8) is 0 Å². The highest BCUT2D eigenvalue weighted by molar-refractivity contribution is 6.74. The highest BCUT2D eigenvalue weighted by atomic mass is 28.4. The molecule has 5 heteroatoms. The van der Waals surface area contributed by atoms with Crippen molar-refractivity contribution in [2.75, 3.05) is 6.61 Å². The molecule has 0 fully saturated rings. The van der Waals surface area contributed by atoms with Crippen LogP contribution in [0.15, 0.2) is 48.2 Å². The van der Waals surface area contributed by atoms with Gasteiger partial charge in [-0.05, 0) is 103 Å². The van der Waals surface area contributed by atoms with Crippen LogP contribution in [0.5, 0.6) is 5.75 Å². The van der Waals surface area contributed by atoms with Gasteiger partial charge in [-0.25, -0.2) is 0 Å². The standard InChI is InChI=1S/C37H56O4Si/c1-13-37(14-2,30-18-20-32(27(4)24-30)39-25-31-19-22-34(38)40-31)29-17-15-28(26(3)23-29)16-21-33(35(5,6)7)41-42(11,12)36(8,9)10/h15,17-20,23-24,33H,13-14,16,21-22,25H2,1-12H3. The third-order valence-corrected chi connectivity index (χ3v) is 14.3. The molecule has 2 aromatic carbocycles. The molecule has 3 rings (SSSR count). The number of benzene rings is 2. The predicted octanol–water partition coefficient (Wildman–Crippen LogP) is 9.99. The van der Waals surface area contributed by atoms with Crippen molar-refractivity contribution in [2.24, 2.45) is 5.41 Å². The van der Waals surface area contributed by atoms with E-state index in [1.54, 1.807) is 6.08 Å². The number of carbonyl (C=O) groups excluding carboxylic acids is 1. The monoisotopic (exact) mass is 592 g/mol. The minimum Gasteiger partial charge on any atom is -0.485 e. The van der Waals surface area contributed by atoms with Crippen LogP contribution < -0.4 is 4.74 Å². The first kappa shape index (κ1) is 34.1. The normalized spacial score (nSPS) is 15.4. The first-order valence-electron chi connectivity index (χ1n) is 15.8. The minimum atomic E-state index is -1.87. The molecule has 1 aliphatic heterocycles. The molecule has 232 valence electrons. The summed E-state index contributed by atoms with van der Waals surface area (Å²) < 4.78 is 18.2. The van der Waals surface area contributed by atoms with Crippen LogP contribution in [0.1, 0.15) is 109 Å². The molecule has 0 N–H and O–H groups in total. The molecular formula is C37H56O4Si. The molecule has 42 heavy (non-hydrogen) atoms. The van der Waals surface area contributed by atoms with E-state index in [4.69, 9.17) is 13.9 Å². The van der Waals surface area contributed by atoms with Crippen LogP contribution in [0.2, 0.25) is 18.1 Å². The Morgan fingerprint density at radius 2 is 1.50 bits per heavy atom. The molecular weight excluding hydrogens is 536 g/mol. The number of hydrogen-bond acceptors (Lipinski definition) is 4. The van der Waals surface area contributed by atoms with Crippen molar-refractivity contribution in [3.05, 3.63) is 76.1 Å². The average Bonchev–Trinajstić information content (AvgIpc) is 3.31. The molecule has 0 amide bonds. The summed E-state index contributed by atoms with van der Waals surface area (Å²) in [5.41, 5.74) is 6.56. The Morgan fingerprint density at radius 1 is 0.905 bits per heavy atom. The molecule has 2 aromatic rings. The fourth-order valence-corrected chi connectivity index (χ4v) is 7.30. The van der Waals surface area contributed by atoms with Gasteiger partial charge in [0, 0.05) is 5.41 Å². The van der Waals surface area contributed by atoms with Gasteiger partial charge in [0.1, 0.15) is 18.1 Å². The summed E-state index contributed by atoms with van der Waals surface area (Å²) >= 11 is 0. The third kappa shape index (κ3) is 7.76. The lowest BCUT2D eigenvalue weighted by Crippen LogP contribution is -2.47. The van der Waals surface area contributed by atoms with Crippen LogP contribution in [0.25, 0.3) is 0 Å². The van der Waals surface area contributed by atoms with Gasteiger partial charge in [0.15, 0.2) is 8.32 Å². The maximum Gasteiger partial charge on any atom is 0.314 e. The van der Waals surface area contributed by atoms with Crippen molar-refractivity contribution in [3.8, 4) is 5.75 Å². The van der Waals surface area contributed by atoms with E-state index in [1.807, 2.05) is 0 Å². The van der Waals surface area contributed by atoms with Crippen molar-refractivity contribution in [1.82, 2.24) is 0 Å². The average molecular weight is 593 g/mol. The van der Waals surface area contributed by atoms with E-state index in [1.165, 1.54) is 22.3 Å². The minimum absolute atomic E-state index is 0.0739. The van der Waals surface area contributed by atoms with Gasteiger partial charge in [0.2, 0.25) is 0 Å². The maximum absolute atomic E-state index is 11.4. The van der Waals surface area contributed by atoms with Crippen molar-refractivity contribution >= 4 is 14.3 Å². The Hall–Kier alpha value is -2.37. The van der Waals surface area contributed by atoms with Crippen molar-refractivity contribution in [2.45, 2.75) is 131 Å². The van der Waals surface area contributed by atoms with E-state index >= 15 is 0 Å². The fourth-order valence-electron chi connectivity index (χ4n) is 5.77. The third-order valence-electron chi connectivity index (χ3n) is 9.83. The second-order valence-electron chi connectivity index (χ2n) is 14.8. The summed E-state index contributed by atoms with van der Waals surface area (Å²) in [6, 6.07) is 13.7. The number of ether oxygens (including phenoxy) is 2. The lowest BCUT2D eigenvalue weighted by atomic mass is 9.69. The summed E-state index contributed by atoms with van der Waals surface area (Å²) in [7, 11) is -1.87. The van der Waals surface area contributed by atoms with Gasteiger partial charge in [-0.2, -0.15) is 0 Å². The van der Waals surface area contributed by atoms with Crippen LogP contribution in [0, 0.1) is 19.3 Å². The SMILES string of the molecule is CCC(CC)(c1ccc(CCC(O[Si](C)(C)C(C)(C)C)C(C)(C)C)c(C)c1)c1ccc(OCC2=CCC(=O)O2)c(C)c1. The fraction of sp³-hybridized carbons (Fsp3) is 0.595. The zero-order valence-electron chi connectivity index (χ0n) is 28.5. The Morgan fingerprint density at radius 3 is 1.98 bits per heavy atom. The molecule has 0 aliphatic carbocycles. The Bertz CT molecular complexity index is 1270. The number of esters is 1. The summed E-state index contributed by atoms with van der Waals surface area (Å²) in [6.07, 6.45) is 6.41. The van der Waals surface area contributed by atoms with Crippen LogP contribution in [-0.4, -0.2) is 27.0 Å². The molecule has 1 atom stereocenters. The van der Waals surface area contributed by atoms with Gasteiger partial charge in [0.05, 0.1) is 12.5 Å². The van der Waals surface area contributed by atoms with Gasteiger partial charge in [-0.3, -0.25) is 4.79 Å². The van der Waals surface area contributed by atoms with E-state index in [2.05, 4.69) is 119 Å². The van der Waals surface area contributed by atoms with E-state index in [9.17, 15) is 4.79 Å². The molecule has 0 bridgehead atoms. The molecule has 0 saturated heterocycles. The van der Waals surface area contributed by atoms with Gasteiger partial charge in [0.25, 0.3) is 0 Å². The first-order chi connectivity index (χ1) is 19.4. The highest BCUT2D eigenvalue weighted by Gasteiger charge is 2.41. The second kappa shape index (κ2) is 13.1. The Kier molecular flexibility index (Phi) is 10.6. The summed E-state index contributed by atoms with van der Waals surface area (Å²) in [6.45, 7) is 27.9. The van der Waals surface area contributed by atoms with Crippen LogP contribution in [-0.2, 0) is 25.8 Å². The van der Waals surface area contributed by atoms with Gasteiger partial charge >= 0.3 is 5.97 Å². The quantitative estimate of drug-likeness (QED) is 0.182. The van der Waals surface area contributed by atoms with Crippen LogP contribution >= 0.6 is 0 Å². The number of cyclic esters (lactones) is 1. The summed E-state index contributed by atoms with van der Waals surface area (Å²) in [5, 5.41) is 0.197. The lowest BCUT2D eigenvalue weighted by molar-refractivity contribution is -0.136. The smallest absolute Gasteiger partial charge is 0.314 e. The first-order valence-corrected chi connectivity index (χ1v) is 18.8. The maximum atomic E-state index is 11.4.